The second kappa shape index (κ2) is 16.7. The van der Waals surface area contributed by atoms with E-state index in [1.54, 1.807) is 6.92 Å². The van der Waals surface area contributed by atoms with E-state index in [4.69, 9.17) is 28.4 Å². The van der Waals surface area contributed by atoms with Crippen molar-refractivity contribution in [2.75, 3.05) is 13.2 Å². The lowest BCUT2D eigenvalue weighted by Gasteiger charge is -2.71. The summed E-state index contributed by atoms with van der Waals surface area (Å²) < 4.78 is 36.2. The van der Waals surface area contributed by atoms with Crippen LogP contribution in [0.25, 0.3) is 0 Å². The summed E-state index contributed by atoms with van der Waals surface area (Å²) in [6.07, 6.45) is -12.5. The standard InChI is InChI=1S/C46H74O17/c1-21-29(48)32(51)34(53)37(59-21)63-36-31(50)25(61-38-35(54)33(52)30(49)24(19-47)60-38)20-58-39(36)62-28-11-12-42(4)26-9-8-22-23-18-41(2,3)14-16-46(23,40(55)56)17-15-43(22,5)44(26,6)13-10-27(42)45(28,7)57/h8,21,23-39,47-54,57H,9-20H2,1-7H3,(H,55,56). The summed E-state index contributed by atoms with van der Waals surface area (Å²) in [6, 6.07) is 0. The number of allylic oxidation sites excluding steroid dienone is 2. The average molecular weight is 899 g/mol. The van der Waals surface area contributed by atoms with E-state index >= 15 is 0 Å². The fraction of sp³-hybridized carbons (Fsp3) is 0.935. The quantitative estimate of drug-likeness (QED) is 0.121. The van der Waals surface area contributed by atoms with Gasteiger partial charge in [-0.05, 0) is 117 Å². The Balaban J connectivity index is 1.04. The topological polar surface area (TPSA) is 275 Å². The van der Waals surface area contributed by atoms with E-state index in [2.05, 4.69) is 40.7 Å². The van der Waals surface area contributed by atoms with E-state index in [-0.39, 0.29) is 46.0 Å². The van der Waals surface area contributed by atoms with Crippen LogP contribution in [-0.4, -0.2) is 168 Å². The van der Waals surface area contributed by atoms with Gasteiger partial charge in [-0.15, -0.1) is 0 Å². The van der Waals surface area contributed by atoms with E-state index in [0.717, 1.165) is 32.1 Å². The molecule has 0 aromatic heterocycles. The molecule has 23 unspecified atom stereocenters. The van der Waals surface area contributed by atoms with Gasteiger partial charge in [-0.1, -0.05) is 46.3 Å². The second-order valence-electron chi connectivity index (χ2n) is 22.4. The van der Waals surface area contributed by atoms with Crippen molar-refractivity contribution in [3.05, 3.63) is 11.6 Å². The minimum atomic E-state index is -1.78. The third-order valence-corrected chi connectivity index (χ3v) is 18.6. The molecule has 0 radical (unpaired) electrons. The zero-order chi connectivity index (χ0) is 46.0. The van der Waals surface area contributed by atoms with Gasteiger partial charge in [-0.3, -0.25) is 4.79 Å². The predicted molar refractivity (Wildman–Crippen MR) is 220 cm³/mol. The summed E-state index contributed by atoms with van der Waals surface area (Å²) in [5.41, 5.74) is -1.47. The molecule has 3 heterocycles. The van der Waals surface area contributed by atoms with Crippen LogP contribution in [0.2, 0.25) is 0 Å². The summed E-state index contributed by atoms with van der Waals surface area (Å²) in [5.74, 6) is -0.716. The van der Waals surface area contributed by atoms with E-state index in [1.165, 1.54) is 12.5 Å². The van der Waals surface area contributed by atoms with E-state index in [0.29, 0.717) is 32.1 Å². The molecule has 17 nitrogen and oxygen atoms in total. The van der Waals surface area contributed by atoms with Crippen LogP contribution in [0.4, 0.5) is 0 Å². The van der Waals surface area contributed by atoms with Gasteiger partial charge in [0.05, 0.1) is 36.4 Å². The number of aliphatic hydroxyl groups excluding tert-OH is 8. The molecule has 360 valence electrons. The summed E-state index contributed by atoms with van der Waals surface area (Å²) >= 11 is 0. The lowest BCUT2D eigenvalue weighted by molar-refractivity contribution is -0.382. The Morgan fingerprint density at radius 2 is 1.38 bits per heavy atom. The molecule has 3 saturated heterocycles. The molecule has 0 aromatic carbocycles. The Hall–Kier alpha value is -1.39. The number of hydrogen-bond donors (Lipinski definition) is 10. The largest absolute Gasteiger partial charge is 0.481 e. The van der Waals surface area contributed by atoms with Crippen molar-refractivity contribution in [2.45, 2.75) is 210 Å². The van der Waals surface area contributed by atoms with Crippen LogP contribution in [0.15, 0.2) is 11.6 Å². The smallest absolute Gasteiger partial charge is 0.310 e. The molecule has 4 saturated carbocycles. The van der Waals surface area contributed by atoms with Gasteiger partial charge in [-0.2, -0.15) is 0 Å². The summed E-state index contributed by atoms with van der Waals surface area (Å²) in [6.45, 7) is 13.8. The molecule has 0 aromatic rings. The van der Waals surface area contributed by atoms with Crippen LogP contribution >= 0.6 is 0 Å². The molecular formula is C46H74O17. The van der Waals surface area contributed by atoms with Crippen molar-refractivity contribution in [1.82, 2.24) is 0 Å². The Labute approximate surface area is 369 Å². The number of fused-ring (bicyclic) bond motifs is 7. The molecule has 0 bridgehead atoms. The fourth-order valence-electron chi connectivity index (χ4n) is 14.4. The number of carboxylic acid groups (broad SMARTS) is 1. The highest BCUT2D eigenvalue weighted by molar-refractivity contribution is 5.76. The Kier molecular flexibility index (Phi) is 12.7. The fourth-order valence-corrected chi connectivity index (χ4v) is 14.4. The molecule has 17 heteroatoms. The molecule has 8 rings (SSSR count). The number of ether oxygens (including phenoxy) is 6. The first-order chi connectivity index (χ1) is 29.4. The van der Waals surface area contributed by atoms with Crippen molar-refractivity contribution in [3.8, 4) is 0 Å². The average Bonchev–Trinajstić information content (AvgIpc) is 3.22. The Morgan fingerprint density at radius 3 is 2.05 bits per heavy atom. The number of aliphatic carboxylic acids is 1. The maximum Gasteiger partial charge on any atom is 0.310 e. The van der Waals surface area contributed by atoms with Gasteiger partial charge in [0.2, 0.25) is 0 Å². The molecule has 3 aliphatic heterocycles. The number of carbonyl (C=O) groups is 1. The van der Waals surface area contributed by atoms with Gasteiger partial charge in [0.1, 0.15) is 61.0 Å². The summed E-state index contributed by atoms with van der Waals surface area (Å²) in [7, 11) is 0. The van der Waals surface area contributed by atoms with E-state index < -0.39 is 116 Å². The van der Waals surface area contributed by atoms with Crippen LogP contribution in [0.5, 0.6) is 0 Å². The van der Waals surface area contributed by atoms with E-state index in [1.807, 2.05) is 0 Å². The monoisotopic (exact) mass is 898 g/mol. The maximum absolute atomic E-state index is 13.1. The van der Waals surface area contributed by atoms with Crippen LogP contribution < -0.4 is 0 Å². The SMILES string of the molecule is CC1OC(OC2C(OC3CCC4(C)C(CCC5(C)C4CC=C4C6CC(C)(C)CCC6(C(=O)O)CCC45C)C3(C)O)OCC(OC3OC(CO)C(O)C(O)C3O)C2O)C(O)C(O)C1O. The predicted octanol–water partition coefficient (Wildman–Crippen LogP) is 1.10. The van der Waals surface area contributed by atoms with Gasteiger partial charge in [-0.25, -0.2) is 0 Å². The molecule has 23 atom stereocenters. The minimum absolute atomic E-state index is 0.0204. The molecule has 0 spiro atoms. The van der Waals surface area contributed by atoms with Gasteiger partial charge in [0.25, 0.3) is 0 Å². The first kappa shape index (κ1) is 48.1. The van der Waals surface area contributed by atoms with Crippen molar-refractivity contribution in [1.29, 1.82) is 0 Å². The zero-order valence-corrected chi connectivity index (χ0v) is 37.8. The molecule has 7 fully saturated rings. The second-order valence-corrected chi connectivity index (χ2v) is 22.4. The molecule has 5 aliphatic carbocycles. The Morgan fingerprint density at radius 1 is 0.730 bits per heavy atom. The van der Waals surface area contributed by atoms with Gasteiger partial charge < -0.3 is 79.5 Å². The number of rotatable bonds is 8. The molecule has 63 heavy (non-hydrogen) atoms. The molecule has 8 aliphatic rings. The van der Waals surface area contributed by atoms with Gasteiger partial charge in [0, 0.05) is 0 Å². The lowest BCUT2D eigenvalue weighted by Crippen LogP contribution is -2.68. The molecule has 0 amide bonds. The van der Waals surface area contributed by atoms with Crippen LogP contribution in [0.1, 0.15) is 113 Å². The van der Waals surface area contributed by atoms with Gasteiger partial charge in [0.15, 0.2) is 18.9 Å². The summed E-state index contributed by atoms with van der Waals surface area (Å²) in [4.78, 5) is 13.1. The molecular weight excluding hydrogens is 824 g/mol. The highest BCUT2D eigenvalue weighted by atomic mass is 16.8. The summed E-state index contributed by atoms with van der Waals surface area (Å²) in [5, 5.41) is 108. The van der Waals surface area contributed by atoms with Gasteiger partial charge >= 0.3 is 5.97 Å². The first-order valence-corrected chi connectivity index (χ1v) is 23.3. The van der Waals surface area contributed by atoms with Crippen molar-refractivity contribution >= 4 is 5.97 Å². The van der Waals surface area contributed by atoms with Crippen molar-refractivity contribution in [3.63, 3.8) is 0 Å². The van der Waals surface area contributed by atoms with Crippen LogP contribution in [-0.2, 0) is 33.2 Å². The van der Waals surface area contributed by atoms with Crippen LogP contribution in [0, 0.1) is 44.8 Å². The maximum atomic E-state index is 13.1. The highest BCUT2D eigenvalue weighted by Gasteiger charge is 2.70. The van der Waals surface area contributed by atoms with Crippen LogP contribution in [0.3, 0.4) is 0 Å². The number of aliphatic hydroxyl groups is 9. The number of carboxylic acids is 1. The zero-order valence-electron chi connectivity index (χ0n) is 37.8. The first-order valence-electron chi connectivity index (χ1n) is 23.3. The normalized spacial score (nSPS) is 55.7. The van der Waals surface area contributed by atoms with Crippen molar-refractivity contribution in [2.24, 2.45) is 44.8 Å². The third-order valence-electron chi connectivity index (χ3n) is 18.6. The van der Waals surface area contributed by atoms with E-state index in [9.17, 15) is 55.9 Å². The molecule has 10 N–H and O–H groups in total. The third kappa shape index (κ3) is 7.50. The highest BCUT2D eigenvalue weighted by Crippen LogP contribution is 2.75. The lowest BCUT2D eigenvalue weighted by atomic mass is 9.34. The minimum Gasteiger partial charge on any atom is -0.481 e. The number of hydrogen-bond acceptors (Lipinski definition) is 16. The van der Waals surface area contributed by atoms with Crippen molar-refractivity contribution < 1.29 is 84.3 Å². The Bertz CT molecular complexity index is 1720.